The van der Waals surface area contributed by atoms with E-state index >= 15 is 0 Å². The van der Waals surface area contributed by atoms with Gasteiger partial charge in [-0.3, -0.25) is 10.1 Å². The van der Waals surface area contributed by atoms with Gasteiger partial charge in [-0.2, -0.15) is 0 Å². The van der Waals surface area contributed by atoms with Gasteiger partial charge in [0.25, 0.3) is 5.69 Å². The van der Waals surface area contributed by atoms with Gasteiger partial charge in [0, 0.05) is 26.9 Å². The summed E-state index contributed by atoms with van der Waals surface area (Å²) in [5.74, 6) is 0. The molecular weight excluding hydrogens is 458 g/mol. The quantitative estimate of drug-likeness (QED) is 0.381. The van der Waals surface area contributed by atoms with Crippen LogP contribution in [0, 0.1) is 13.7 Å². The standard InChI is InChI=1S/C13H9BrClIN2O2/c14-13-8(2-1-3-12(13)18(19)20)7-17-11-5-4-9(15)6-10(11)16/h1-6,17H,7H2. The number of hydrogen-bond acceptors (Lipinski definition) is 3. The maximum absolute atomic E-state index is 10.9. The topological polar surface area (TPSA) is 55.2 Å². The number of hydrogen-bond donors (Lipinski definition) is 1. The van der Waals surface area contributed by atoms with Crippen LogP contribution in [-0.4, -0.2) is 4.92 Å². The Bertz CT molecular complexity index is 667. The van der Waals surface area contributed by atoms with E-state index in [2.05, 4.69) is 43.8 Å². The van der Waals surface area contributed by atoms with Gasteiger partial charge in [-0.05, 0) is 62.3 Å². The molecule has 2 rings (SSSR count). The van der Waals surface area contributed by atoms with Crippen LogP contribution in [0.4, 0.5) is 11.4 Å². The van der Waals surface area contributed by atoms with Crippen molar-refractivity contribution < 1.29 is 4.92 Å². The summed E-state index contributed by atoms with van der Waals surface area (Å²) in [4.78, 5) is 10.5. The highest BCUT2D eigenvalue weighted by molar-refractivity contribution is 14.1. The lowest BCUT2D eigenvalue weighted by Crippen LogP contribution is -2.03. The third kappa shape index (κ3) is 3.62. The molecule has 0 amide bonds. The second kappa shape index (κ2) is 6.73. The van der Waals surface area contributed by atoms with Crippen LogP contribution < -0.4 is 5.32 Å². The first-order valence-electron chi connectivity index (χ1n) is 5.59. The maximum atomic E-state index is 10.9. The van der Waals surface area contributed by atoms with Gasteiger partial charge in [0.2, 0.25) is 0 Å². The van der Waals surface area contributed by atoms with Crippen molar-refractivity contribution in [3.63, 3.8) is 0 Å². The van der Waals surface area contributed by atoms with Crippen LogP contribution in [0.3, 0.4) is 0 Å². The summed E-state index contributed by atoms with van der Waals surface area (Å²) >= 11 is 11.4. The number of halogens is 3. The first kappa shape index (κ1) is 15.5. The van der Waals surface area contributed by atoms with Gasteiger partial charge in [0.15, 0.2) is 0 Å². The number of nitrogens with one attached hydrogen (secondary N) is 1. The number of nitro groups is 1. The van der Waals surface area contributed by atoms with E-state index in [4.69, 9.17) is 11.6 Å². The van der Waals surface area contributed by atoms with E-state index in [0.29, 0.717) is 16.0 Å². The molecule has 0 atom stereocenters. The molecule has 7 heteroatoms. The highest BCUT2D eigenvalue weighted by Gasteiger charge is 2.14. The van der Waals surface area contributed by atoms with Gasteiger partial charge in [-0.15, -0.1) is 0 Å². The zero-order chi connectivity index (χ0) is 14.7. The summed E-state index contributed by atoms with van der Waals surface area (Å²) < 4.78 is 1.50. The summed E-state index contributed by atoms with van der Waals surface area (Å²) in [7, 11) is 0. The molecule has 1 N–H and O–H groups in total. The van der Waals surface area contributed by atoms with E-state index in [1.54, 1.807) is 12.1 Å². The SMILES string of the molecule is O=[N+]([O-])c1cccc(CNc2ccc(Cl)cc2I)c1Br. The van der Waals surface area contributed by atoms with Gasteiger partial charge in [-0.1, -0.05) is 23.7 Å². The van der Waals surface area contributed by atoms with E-state index in [0.717, 1.165) is 14.8 Å². The lowest BCUT2D eigenvalue weighted by atomic mass is 10.2. The van der Waals surface area contributed by atoms with Crippen molar-refractivity contribution in [2.45, 2.75) is 6.54 Å². The molecule has 0 saturated heterocycles. The summed E-state index contributed by atoms with van der Waals surface area (Å²) in [6, 6.07) is 10.5. The Morgan fingerprint density at radius 2 is 2.10 bits per heavy atom. The largest absolute Gasteiger partial charge is 0.380 e. The Hall–Kier alpha value is -0.860. The smallest absolute Gasteiger partial charge is 0.283 e. The number of anilines is 1. The van der Waals surface area contributed by atoms with Crippen LogP contribution in [0.15, 0.2) is 40.9 Å². The van der Waals surface area contributed by atoms with Crippen LogP contribution in [0.2, 0.25) is 5.02 Å². The number of rotatable bonds is 4. The molecule has 0 radical (unpaired) electrons. The molecule has 0 saturated carbocycles. The minimum atomic E-state index is -0.403. The number of benzene rings is 2. The molecule has 20 heavy (non-hydrogen) atoms. The lowest BCUT2D eigenvalue weighted by Gasteiger charge is -2.10. The van der Waals surface area contributed by atoms with Crippen molar-refractivity contribution in [3.05, 3.63) is 65.1 Å². The van der Waals surface area contributed by atoms with E-state index in [1.807, 2.05) is 18.2 Å². The Balaban J connectivity index is 2.19. The molecule has 0 aliphatic carbocycles. The van der Waals surface area contributed by atoms with Gasteiger partial charge in [0.05, 0.1) is 4.92 Å². The van der Waals surface area contributed by atoms with Crippen LogP contribution in [0.1, 0.15) is 5.56 Å². The van der Waals surface area contributed by atoms with Crippen molar-refractivity contribution in [1.29, 1.82) is 0 Å². The van der Waals surface area contributed by atoms with E-state index in [9.17, 15) is 10.1 Å². The number of nitrogens with zero attached hydrogens (tertiary/aromatic N) is 1. The van der Waals surface area contributed by atoms with E-state index in [1.165, 1.54) is 6.07 Å². The van der Waals surface area contributed by atoms with E-state index < -0.39 is 4.92 Å². The van der Waals surface area contributed by atoms with Crippen molar-refractivity contribution >= 4 is 61.5 Å². The van der Waals surface area contributed by atoms with E-state index in [-0.39, 0.29) is 5.69 Å². The molecule has 0 aromatic heterocycles. The molecule has 104 valence electrons. The molecular formula is C13H9BrClIN2O2. The normalized spacial score (nSPS) is 10.3. The fourth-order valence-corrected chi connectivity index (χ4v) is 3.28. The summed E-state index contributed by atoms with van der Waals surface area (Å²) in [5.41, 5.74) is 1.83. The predicted molar refractivity (Wildman–Crippen MR) is 92.3 cm³/mol. The lowest BCUT2D eigenvalue weighted by molar-refractivity contribution is -0.385. The van der Waals surface area contributed by atoms with Gasteiger partial charge in [0.1, 0.15) is 4.47 Å². The summed E-state index contributed by atoms with van der Waals surface area (Å²) in [5, 5.41) is 14.8. The van der Waals surface area contributed by atoms with Crippen molar-refractivity contribution in [3.8, 4) is 0 Å². The first-order chi connectivity index (χ1) is 9.49. The average Bonchev–Trinajstić information content (AvgIpc) is 2.39. The maximum Gasteiger partial charge on any atom is 0.283 e. The Labute approximate surface area is 142 Å². The van der Waals surface area contributed by atoms with Crippen LogP contribution in [0.5, 0.6) is 0 Å². The fourth-order valence-electron chi connectivity index (χ4n) is 1.67. The second-order valence-electron chi connectivity index (χ2n) is 3.99. The third-order valence-corrected chi connectivity index (χ3v) is 4.70. The van der Waals surface area contributed by atoms with Crippen LogP contribution in [-0.2, 0) is 6.54 Å². The van der Waals surface area contributed by atoms with Crippen molar-refractivity contribution in [2.24, 2.45) is 0 Å². The Morgan fingerprint density at radius 3 is 2.75 bits per heavy atom. The Morgan fingerprint density at radius 1 is 1.35 bits per heavy atom. The van der Waals surface area contributed by atoms with Gasteiger partial charge >= 0.3 is 0 Å². The molecule has 0 unspecified atom stereocenters. The summed E-state index contributed by atoms with van der Waals surface area (Å²) in [6.45, 7) is 0.486. The van der Waals surface area contributed by atoms with Crippen molar-refractivity contribution in [1.82, 2.24) is 0 Å². The average molecular weight is 467 g/mol. The van der Waals surface area contributed by atoms with Gasteiger partial charge in [-0.25, -0.2) is 0 Å². The molecule has 2 aromatic rings. The zero-order valence-electron chi connectivity index (χ0n) is 10.1. The molecule has 0 heterocycles. The molecule has 0 fully saturated rings. The zero-order valence-corrected chi connectivity index (χ0v) is 14.6. The molecule has 0 aliphatic rings. The predicted octanol–water partition coefficient (Wildman–Crippen LogP) is 5.23. The number of nitro benzene ring substituents is 1. The Kier molecular flexibility index (Phi) is 5.22. The van der Waals surface area contributed by atoms with Crippen LogP contribution in [0.25, 0.3) is 0 Å². The highest BCUT2D eigenvalue weighted by atomic mass is 127. The molecule has 0 spiro atoms. The minimum Gasteiger partial charge on any atom is -0.380 e. The molecule has 0 aliphatic heterocycles. The monoisotopic (exact) mass is 466 g/mol. The van der Waals surface area contributed by atoms with Crippen LogP contribution >= 0.6 is 50.1 Å². The minimum absolute atomic E-state index is 0.0649. The first-order valence-corrected chi connectivity index (χ1v) is 7.84. The third-order valence-electron chi connectivity index (χ3n) is 2.66. The van der Waals surface area contributed by atoms with Crippen molar-refractivity contribution in [2.75, 3.05) is 5.32 Å². The molecule has 4 nitrogen and oxygen atoms in total. The fraction of sp³-hybridized carbons (Fsp3) is 0.0769. The molecule has 2 aromatic carbocycles. The molecule has 0 bridgehead atoms. The highest BCUT2D eigenvalue weighted by Crippen LogP contribution is 2.29. The summed E-state index contributed by atoms with van der Waals surface area (Å²) in [6.07, 6.45) is 0. The second-order valence-corrected chi connectivity index (χ2v) is 6.38. The van der Waals surface area contributed by atoms with Gasteiger partial charge < -0.3 is 5.32 Å².